The number of anilines is 1. The number of likely N-dealkylation sites (tertiary alicyclic amines) is 1. The van der Waals surface area contributed by atoms with Crippen molar-refractivity contribution >= 4 is 39.1 Å². The molecule has 246 valence electrons. The molecule has 46 heavy (non-hydrogen) atoms. The molecule has 3 heterocycles. The van der Waals surface area contributed by atoms with Gasteiger partial charge < -0.3 is 19.9 Å². The second-order valence-corrected chi connectivity index (χ2v) is 14.2. The Bertz CT molecular complexity index is 1900. The van der Waals surface area contributed by atoms with E-state index in [0.29, 0.717) is 44.6 Å². The van der Waals surface area contributed by atoms with Crippen molar-refractivity contribution in [1.82, 2.24) is 18.9 Å². The van der Waals surface area contributed by atoms with E-state index in [9.17, 15) is 32.0 Å². The highest BCUT2D eigenvalue weighted by Gasteiger charge is 2.32. The molecule has 1 atom stereocenters. The molecule has 0 aliphatic carbocycles. The monoisotopic (exact) mass is 675 g/mol. The minimum atomic E-state index is -3.60. The van der Waals surface area contributed by atoms with Gasteiger partial charge in [-0.1, -0.05) is 23.7 Å². The summed E-state index contributed by atoms with van der Waals surface area (Å²) in [5.74, 6) is -0.990. The Balaban J connectivity index is 1.35. The minimum Gasteiger partial charge on any atom is -0.497 e. The fraction of sp³-hybridized carbons (Fsp3) is 0.419. The van der Waals surface area contributed by atoms with Crippen LogP contribution < -0.4 is 21.3 Å². The summed E-state index contributed by atoms with van der Waals surface area (Å²) in [6.07, 6.45) is 3.82. The number of ether oxygens (including phenoxy) is 1. The van der Waals surface area contributed by atoms with Crippen LogP contribution >= 0.6 is 11.6 Å². The molecule has 1 N–H and O–H groups in total. The van der Waals surface area contributed by atoms with Crippen molar-refractivity contribution in [2.45, 2.75) is 44.8 Å². The topological polar surface area (TPSA) is 140 Å². The second kappa shape index (κ2) is 13.3. The van der Waals surface area contributed by atoms with Gasteiger partial charge in [-0.3, -0.25) is 18.7 Å². The van der Waals surface area contributed by atoms with Gasteiger partial charge in [0, 0.05) is 49.4 Å². The van der Waals surface area contributed by atoms with Crippen LogP contribution in [0.15, 0.2) is 52.2 Å². The zero-order valence-corrected chi connectivity index (χ0v) is 27.2. The number of sulfone groups is 1. The summed E-state index contributed by atoms with van der Waals surface area (Å²) in [5, 5.41) is 2.62. The van der Waals surface area contributed by atoms with Gasteiger partial charge in [0.2, 0.25) is 5.91 Å². The Kier molecular flexibility index (Phi) is 9.59. The lowest BCUT2D eigenvalue weighted by molar-refractivity contribution is -0.133. The van der Waals surface area contributed by atoms with Crippen molar-refractivity contribution in [3.8, 4) is 16.9 Å². The van der Waals surface area contributed by atoms with Crippen molar-refractivity contribution in [2.24, 2.45) is 0 Å². The first-order valence-corrected chi connectivity index (χ1v) is 17.2. The quantitative estimate of drug-likeness (QED) is 0.387. The van der Waals surface area contributed by atoms with Crippen LogP contribution in [0.5, 0.6) is 5.75 Å². The maximum absolute atomic E-state index is 14.3. The number of hydrogen-bond acceptors (Lipinski definition) is 7. The first kappa shape index (κ1) is 33.2. The molecule has 12 nitrogen and oxygen atoms in total. The highest BCUT2D eigenvalue weighted by atomic mass is 35.5. The first-order valence-electron chi connectivity index (χ1n) is 14.8. The maximum Gasteiger partial charge on any atom is 0.331 e. The molecule has 0 bridgehead atoms. The van der Waals surface area contributed by atoms with Gasteiger partial charge in [0.05, 0.1) is 29.5 Å². The summed E-state index contributed by atoms with van der Waals surface area (Å²) in [5.41, 5.74) is -0.170. The van der Waals surface area contributed by atoms with Crippen LogP contribution in [0.1, 0.15) is 31.4 Å². The molecule has 2 aliphatic rings. The number of aromatic nitrogens is 2. The van der Waals surface area contributed by atoms with Crippen LogP contribution in [-0.4, -0.2) is 84.1 Å². The van der Waals surface area contributed by atoms with E-state index in [4.69, 9.17) is 16.3 Å². The Morgan fingerprint density at radius 3 is 2.50 bits per heavy atom. The van der Waals surface area contributed by atoms with E-state index in [1.54, 1.807) is 23.0 Å². The van der Waals surface area contributed by atoms with Gasteiger partial charge in [-0.25, -0.2) is 22.4 Å². The standard InChI is InChI=1S/C31H35ClFN5O7S/c1-19(18-46(3,43)44)38-29(40)24(23-5-4-6-25(33)28(23)32)16-36(31(38)42)17-27(39)35-12-10-21(11-13-35)37-14-9-20-15-22(45-2)7-8-26(20)34-30(37)41/h4-8,15-16,19,21H,9-14,17-18H2,1-3H3,(H,34,41)/t19-/m0/s1. The number of halogens is 2. The predicted molar refractivity (Wildman–Crippen MR) is 172 cm³/mol. The fourth-order valence-corrected chi connectivity index (χ4v) is 7.36. The number of fused-ring (bicyclic) bond motifs is 1. The summed E-state index contributed by atoms with van der Waals surface area (Å²) in [6, 6.07) is 7.99. The number of piperidine rings is 1. The Morgan fingerprint density at radius 1 is 1.11 bits per heavy atom. The lowest BCUT2D eigenvalue weighted by Gasteiger charge is -2.38. The predicted octanol–water partition coefficient (Wildman–Crippen LogP) is 3.16. The molecule has 2 aliphatic heterocycles. The molecule has 1 fully saturated rings. The minimum absolute atomic E-state index is 0.00491. The van der Waals surface area contributed by atoms with E-state index in [1.165, 1.54) is 19.1 Å². The molecular formula is C31H35ClFN5O7S. The number of carbonyl (C=O) groups is 2. The SMILES string of the molecule is COc1ccc2c(c1)CCN(C1CCN(C(=O)Cn3cc(-c4cccc(F)c4Cl)c(=O)n([C@@H](C)CS(C)(=O)=O)c3=O)CC1)C(=O)N2. The average molecular weight is 676 g/mol. The van der Waals surface area contributed by atoms with Crippen LogP contribution in [0.4, 0.5) is 14.9 Å². The Labute approximate surface area is 270 Å². The molecule has 3 aromatic rings. The van der Waals surface area contributed by atoms with Gasteiger partial charge in [-0.05, 0) is 56.0 Å². The molecule has 1 aromatic heterocycles. The third kappa shape index (κ3) is 6.97. The van der Waals surface area contributed by atoms with Crippen LogP contribution in [0.3, 0.4) is 0 Å². The van der Waals surface area contributed by atoms with Gasteiger partial charge in [0.25, 0.3) is 5.56 Å². The number of nitrogens with zero attached hydrogens (tertiary/aromatic N) is 4. The van der Waals surface area contributed by atoms with E-state index >= 15 is 0 Å². The molecule has 5 rings (SSSR count). The zero-order valence-electron chi connectivity index (χ0n) is 25.7. The van der Waals surface area contributed by atoms with Crippen LogP contribution in [0.25, 0.3) is 11.1 Å². The number of urea groups is 1. The number of carbonyl (C=O) groups excluding carboxylic acids is 2. The molecule has 0 saturated carbocycles. The van der Waals surface area contributed by atoms with E-state index in [-0.39, 0.29) is 28.2 Å². The van der Waals surface area contributed by atoms with E-state index < -0.39 is 51.2 Å². The van der Waals surface area contributed by atoms with Crippen molar-refractivity contribution in [3.05, 3.63) is 79.8 Å². The largest absolute Gasteiger partial charge is 0.497 e. The first-order chi connectivity index (χ1) is 21.8. The second-order valence-electron chi connectivity index (χ2n) is 11.7. The molecule has 1 saturated heterocycles. The number of hydrogen-bond donors (Lipinski definition) is 1. The summed E-state index contributed by atoms with van der Waals surface area (Å²) in [4.78, 5) is 57.0. The smallest absolute Gasteiger partial charge is 0.331 e. The van der Waals surface area contributed by atoms with Crippen molar-refractivity contribution in [1.29, 1.82) is 0 Å². The van der Waals surface area contributed by atoms with Crippen LogP contribution in [0.2, 0.25) is 5.02 Å². The van der Waals surface area contributed by atoms with E-state index in [2.05, 4.69) is 5.32 Å². The third-order valence-electron chi connectivity index (χ3n) is 8.41. The Hall–Kier alpha value is -4.17. The lowest BCUT2D eigenvalue weighted by Crippen LogP contribution is -2.51. The summed E-state index contributed by atoms with van der Waals surface area (Å²) >= 11 is 6.18. The van der Waals surface area contributed by atoms with Gasteiger partial charge in [-0.2, -0.15) is 0 Å². The lowest BCUT2D eigenvalue weighted by atomic mass is 10.0. The summed E-state index contributed by atoms with van der Waals surface area (Å²) in [7, 11) is -2.01. The molecule has 2 aromatic carbocycles. The third-order valence-corrected chi connectivity index (χ3v) is 9.88. The van der Waals surface area contributed by atoms with Gasteiger partial charge in [0.15, 0.2) is 0 Å². The number of nitrogens with one attached hydrogen (secondary N) is 1. The normalized spacial score (nSPS) is 16.4. The van der Waals surface area contributed by atoms with E-state index in [1.807, 2.05) is 12.1 Å². The van der Waals surface area contributed by atoms with Gasteiger partial charge in [0.1, 0.15) is 27.9 Å². The fourth-order valence-electron chi connectivity index (χ4n) is 6.11. The molecule has 15 heteroatoms. The van der Waals surface area contributed by atoms with Crippen molar-refractivity contribution < 1.29 is 27.1 Å². The molecule has 3 amide bonds. The molecular weight excluding hydrogens is 641 g/mol. The highest BCUT2D eigenvalue weighted by Crippen LogP contribution is 2.29. The van der Waals surface area contributed by atoms with E-state index in [0.717, 1.165) is 38.9 Å². The summed E-state index contributed by atoms with van der Waals surface area (Å²) < 4.78 is 45.5. The van der Waals surface area contributed by atoms with Crippen molar-refractivity contribution in [3.63, 3.8) is 0 Å². The highest BCUT2D eigenvalue weighted by molar-refractivity contribution is 7.90. The summed E-state index contributed by atoms with van der Waals surface area (Å²) in [6.45, 7) is 2.12. The van der Waals surface area contributed by atoms with Crippen LogP contribution in [-0.2, 0) is 27.6 Å². The Morgan fingerprint density at radius 2 is 1.83 bits per heavy atom. The number of rotatable bonds is 8. The maximum atomic E-state index is 14.3. The molecule has 0 radical (unpaired) electrons. The number of methoxy groups -OCH3 is 1. The zero-order chi connectivity index (χ0) is 33.3. The number of amides is 3. The van der Waals surface area contributed by atoms with Gasteiger partial charge in [-0.15, -0.1) is 0 Å². The molecule has 0 unspecified atom stereocenters. The van der Waals surface area contributed by atoms with Gasteiger partial charge >= 0.3 is 11.7 Å². The molecule has 0 spiro atoms. The van der Waals surface area contributed by atoms with Crippen LogP contribution in [0, 0.1) is 5.82 Å². The van der Waals surface area contributed by atoms with Crippen molar-refractivity contribution in [2.75, 3.05) is 44.1 Å². The average Bonchev–Trinajstić information content (AvgIpc) is 3.16. The number of benzene rings is 2.